The lowest BCUT2D eigenvalue weighted by atomic mass is 10.2. The van der Waals surface area contributed by atoms with Gasteiger partial charge in [-0.2, -0.15) is 0 Å². The van der Waals surface area contributed by atoms with E-state index in [2.05, 4.69) is 43.0 Å². The fourth-order valence-electron chi connectivity index (χ4n) is 4.05. The molecule has 148 valence electrons. The number of hydrogen-bond donors (Lipinski definition) is 0. The SMILES string of the molecule is CCCN(CCC)C(=O)C1CC1C(=O)N1CCN(Cc2ccccc2)CC1. The summed E-state index contributed by atoms with van der Waals surface area (Å²) in [5, 5.41) is 0. The van der Waals surface area contributed by atoms with Crippen LogP contribution in [-0.4, -0.2) is 65.8 Å². The maximum Gasteiger partial charge on any atom is 0.226 e. The van der Waals surface area contributed by atoms with Gasteiger partial charge >= 0.3 is 0 Å². The largest absolute Gasteiger partial charge is 0.342 e. The van der Waals surface area contributed by atoms with Crippen molar-refractivity contribution in [1.82, 2.24) is 14.7 Å². The Hall–Kier alpha value is -1.88. The van der Waals surface area contributed by atoms with Crippen molar-refractivity contribution in [2.75, 3.05) is 39.3 Å². The van der Waals surface area contributed by atoms with E-state index in [4.69, 9.17) is 0 Å². The van der Waals surface area contributed by atoms with E-state index in [1.807, 2.05) is 15.9 Å². The second kappa shape index (κ2) is 9.36. The minimum atomic E-state index is -0.0746. The third kappa shape index (κ3) is 5.10. The Morgan fingerprint density at radius 2 is 1.59 bits per heavy atom. The normalized spacial score (nSPS) is 22.5. The average molecular weight is 372 g/mol. The third-order valence-corrected chi connectivity index (χ3v) is 5.66. The van der Waals surface area contributed by atoms with Gasteiger partial charge in [-0.15, -0.1) is 0 Å². The highest BCUT2D eigenvalue weighted by Crippen LogP contribution is 2.41. The highest BCUT2D eigenvalue weighted by atomic mass is 16.2. The van der Waals surface area contributed by atoms with Crippen LogP contribution in [0.15, 0.2) is 30.3 Å². The Balaban J connectivity index is 1.45. The number of rotatable bonds is 8. The zero-order valence-electron chi connectivity index (χ0n) is 16.8. The molecule has 1 aliphatic carbocycles. The number of amides is 2. The standard InChI is InChI=1S/C22H33N3O2/c1-3-10-24(11-4-2)21(26)19-16-20(19)22(27)25-14-12-23(13-15-25)17-18-8-6-5-7-9-18/h5-9,19-20H,3-4,10-17H2,1-2H3. The van der Waals surface area contributed by atoms with E-state index < -0.39 is 0 Å². The van der Waals surface area contributed by atoms with Gasteiger partial charge < -0.3 is 9.80 Å². The molecule has 3 rings (SSSR count). The molecule has 0 N–H and O–H groups in total. The van der Waals surface area contributed by atoms with Crippen molar-refractivity contribution in [3.05, 3.63) is 35.9 Å². The molecule has 5 heteroatoms. The summed E-state index contributed by atoms with van der Waals surface area (Å²) in [6, 6.07) is 10.5. The summed E-state index contributed by atoms with van der Waals surface area (Å²) in [4.78, 5) is 31.8. The van der Waals surface area contributed by atoms with E-state index in [0.29, 0.717) is 0 Å². The van der Waals surface area contributed by atoms with Crippen molar-refractivity contribution >= 4 is 11.8 Å². The molecule has 1 saturated heterocycles. The van der Waals surface area contributed by atoms with Gasteiger partial charge in [0.1, 0.15) is 0 Å². The average Bonchev–Trinajstić information content (AvgIpc) is 3.49. The lowest BCUT2D eigenvalue weighted by Gasteiger charge is -2.35. The quantitative estimate of drug-likeness (QED) is 0.706. The Labute approximate surface area is 163 Å². The second-order valence-corrected chi connectivity index (χ2v) is 7.86. The number of carbonyl (C=O) groups is 2. The Bertz CT molecular complexity index is 620. The molecule has 0 aromatic heterocycles. The van der Waals surface area contributed by atoms with E-state index in [1.54, 1.807) is 0 Å². The predicted octanol–water partition coefficient (Wildman–Crippen LogP) is 2.62. The molecular weight excluding hydrogens is 338 g/mol. The van der Waals surface area contributed by atoms with Crippen LogP contribution in [0.2, 0.25) is 0 Å². The predicted molar refractivity (Wildman–Crippen MR) is 107 cm³/mol. The van der Waals surface area contributed by atoms with Crippen LogP contribution in [0.1, 0.15) is 38.7 Å². The highest BCUT2D eigenvalue weighted by molar-refractivity contribution is 5.92. The molecule has 2 atom stereocenters. The topological polar surface area (TPSA) is 43.9 Å². The second-order valence-electron chi connectivity index (χ2n) is 7.86. The summed E-state index contributed by atoms with van der Waals surface area (Å²) in [7, 11) is 0. The fraction of sp³-hybridized carbons (Fsp3) is 0.636. The number of benzene rings is 1. The van der Waals surface area contributed by atoms with Gasteiger partial charge in [0, 0.05) is 45.8 Å². The lowest BCUT2D eigenvalue weighted by molar-refractivity contribution is -0.139. The molecule has 1 heterocycles. The first-order valence-corrected chi connectivity index (χ1v) is 10.5. The van der Waals surface area contributed by atoms with Crippen LogP contribution in [0.4, 0.5) is 0 Å². The van der Waals surface area contributed by atoms with Gasteiger partial charge in [0.05, 0.1) is 11.8 Å². The first kappa shape index (κ1) is 19.9. The van der Waals surface area contributed by atoms with Crippen LogP contribution in [0, 0.1) is 11.8 Å². The maximum atomic E-state index is 12.8. The van der Waals surface area contributed by atoms with Crippen molar-refractivity contribution in [2.45, 2.75) is 39.7 Å². The van der Waals surface area contributed by atoms with Gasteiger partial charge in [-0.3, -0.25) is 14.5 Å². The molecule has 0 spiro atoms. The number of hydrogen-bond acceptors (Lipinski definition) is 3. The third-order valence-electron chi connectivity index (χ3n) is 5.66. The van der Waals surface area contributed by atoms with Crippen LogP contribution in [0.5, 0.6) is 0 Å². The van der Waals surface area contributed by atoms with Crippen LogP contribution in [0.3, 0.4) is 0 Å². The number of piperazine rings is 1. The molecular formula is C22H33N3O2. The van der Waals surface area contributed by atoms with Gasteiger partial charge in [0.15, 0.2) is 0 Å². The Morgan fingerprint density at radius 3 is 2.19 bits per heavy atom. The van der Waals surface area contributed by atoms with Crippen molar-refractivity contribution in [1.29, 1.82) is 0 Å². The summed E-state index contributed by atoms with van der Waals surface area (Å²) >= 11 is 0. The summed E-state index contributed by atoms with van der Waals surface area (Å²) in [6.07, 6.45) is 2.69. The molecule has 5 nitrogen and oxygen atoms in total. The van der Waals surface area contributed by atoms with Crippen LogP contribution < -0.4 is 0 Å². The minimum absolute atomic E-state index is 0.0713. The zero-order chi connectivity index (χ0) is 19.2. The smallest absolute Gasteiger partial charge is 0.226 e. The molecule has 0 bridgehead atoms. The van der Waals surface area contributed by atoms with Gasteiger partial charge in [0.25, 0.3) is 0 Å². The van der Waals surface area contributed by atoms with Crippen molar-refractivity contribution in [3.8, 4) is 0 Å². The van der Waals surface area contributed by atoms with Gasteiger partial charge in [-0.25, -0.2) is 0 Å². The summed E-state index contributed by atoms with van der Waals surface area (Å²) in [5.41, 5.74) is 1.32. The molecule has 1 saturated carbocycles. The van der Waals surface area contributed by atoms with E-state index >= 15 is 0 Å². The van der Waals surface area contributed by atoms with E-state index in [9.17, 15) is 9.59 Å². The summed E-state index contributed by atoms with van der Waals surface area (Å²) in [5.74, 6) is 0.243. The minimum Gasteiger partial charge on any atom is -0.342 e. The van der Waals surface area contributed by atoms with Gasteiger partial charge in [-0.05, 0) is 24.8 Å². The van der Waals surface area contributed by atoms with E-state index in [0.717, 1.165) is 65.1 Å². The molecule has 2 unspecified atom stereocenters. The van der Waals surface area contributed by atoms with Gasteiger partial charge in [0.2, 0.25) is 11.8 Å². The fourth-order valence-corrected chi connectivity index (χ4v) is 4.05. The molecule has 1 aromatic rings. The van der Waals surface area contributed by atoms with Crippen LogP contribution in [0.25, 0.3) is 0 Å². The van der Waals surface area contributed by atoms with E-state index in [-0.39, 0.29) is 23.7 Å². The first-order chi connectivity index (χ1) is 13.1. The Morgan fingerprint density at radius 1 is 0.963 bits per heavy atom. The first-order valence-electron chi connectivity index (χ1n) is 10.5. The number of carbonyl (C=O) groups excluding carboxylic acids is 2. The van der Waals surface area contributed by atoms with Crippen LogP contribution >= 0.6 is 0 Å². The van der Waals surface area contributed by atoms with Crippen molar-refractivity contribution < 1.29 is 9.59 Å². The molecule has 2 aliphatic rings. The molecule has 0 radical (unpaired) electrons. The maximum absolute atomic E-state index is 12.8. The lowest BCUT2D eigenvalue weighted by Crippen LogP contribution is -2.49. The molecule has 2 amide bonds. The van der Waals surface area contributed by atoms with Gasteiger partial charge in [-0.1, -0.05) is 44.2 Å². The Kier molecular flexibility index (Phi) is 6.89. The molecule has 2 fully saturated rings. The van der Waals surface area contributed by atoms with E-state index in [1.165, 1.54) is 5.56 Å². The summed E-state index contributed by atoms with van der Waals surface area (Å²) in [6.45, 7) is 10.1. The molecule has 1 aliphatic heterocycles. The van der Waals surface area contributed by atoms with Crippen LogP contribution in [-0.2, 0) is 16.1 Å². The zero-order valence-corrected chi connectivity index (χ0v) is 16.8. The monoisotopic (exact) mass is 371 g/mol. The number of nitrogens with zero attached hydrogens (tertiary/aromatic N) is 3. The molecule has 27 heavy (non-hydrogen) atoms. The van der Waals surface area contributed by atoms with Crippen molar-refractivity contribution in [2.24, 2.45) is 11.8 Å². The molecule has 1 aromatic carbocycles. The van der Waals surface area contributed by atoms with Crippen molar-refractivity contribution in [3.63, 3.8) is 0 Å². The summed E-state index contributed by atoms with van der Waals surface area (Å²) < 4.78 is 0. The highest BCUT2D eigenvalue weighted by Gasteiger charge is 2.50.